The number of thiazole rings is 1. The Labute approximate surface area is 229 Å². The van der Waals surface area contributed by atoms with Crippen molar-refractivity contribution in [3.05, 3.63) is 102 Å². The summed E-state index contributed by atoms with van der Waals surface area (Å²) in [6.07, 6.45) is 3.38. The summed E-state index contributed by atoms with van der Waals surface area (Å²) in [6.45, 7) is 15.0. The topological polar surface area (TPSA) is 60.7 Å². The van der Waals surface area contributed by atoms with Crippen LogP contribution in [0, 0.1) is 0 Å². The van der Waals surface area contributed by atoms with E-state index in [-0.39, 0.29) is 17.6 Å². The number of benzene rings is 2. The third-order valence-electron chi connectivity index (χ3n) is 6.89. The van der Waals surface area contributed by atoms with E-state index in [1.807, 2.05) is 30.3 Å². The van der Waals surface area contributed by atoms with E-state index in [1.54, 1.807) is 11.5 Å². The smallest absolute Gasteiger partial charge is 0.338 e. The second-order valence-electron chi connectivity index (χ2n) is 11.1. The van der Waals surface area contributed by atoms with Crippen molar-refractivity contribution in [3.8, 4) is 0 Å². The van der Waals surface area contributed by atoms with Gasteiger partial charge in [-0.2, -0.15) is 0 Å². The molecule has 0 unspecified atom stereocenters. The number of ether oxygens (including phenoxy) is 1. The lowest BCUT2D eigenvalue weighted by molar-refractivity contribution is -0.139. The van der Waals surface area contributed by atoms with Gasteiger partial charge in [0.15, 0.2) is 4.80 Å². The van der Waals surface area contributed by atoms with Gasteiger partial charge in [-0.1, -0.05) is 108 Å². The zero-order valence-corrected chi connectivity index (χ0v) is 24.3. The number of hydrogen-bond acceptors (Lipinski definition) is 5. The Morgan fingerprint density at radius 3 is 2.29 bits per heavy atom. The van der Waals surface area contributed by atoms with Crippen LogP contribution in [0.4, 0.5) is 0 Å². The standard InChI is InChI=1S/C32H38N2O3S/c1-8-10-25-27(30(36)37-9-2)28(23-15-13-22(14-16-23)20(3)4)34-29(35)26(38-31(34)33-25)19-21-11-17-24(18-12-21)32(5,6)7/h11-20,28H,8-10H2,1-7H3/b26-19-/t28-/m1/s1. The third-order valence-corrected chi connectivity index (χ3v) is 7.87. The molecule has 0 saturated carbocycles. The molecule has 38 heavy (non-hydrogen) atoms. The number of nitrogens with zero attached hydrogens (tertiary/aromatic N) is 2. The van der Waals surface area contributed by atoms with E-state index >= 15 is 0 Å². The largest absolute Gasteiger partial charge is 0.463 e. The molecule has 200 valence electrons. The summed E-state index contributed by atoms with van der Waals surface area (Å²) in [5, 5.41) is 0. The molecule has 0 amide bonds. The van der Waals surface area contributed by atoms with Crippen molar-refractivity contribution in [1.29, 1.82) is 0 Å². The zero-order valence-electron chi connectivity index (χ0n) is 23.5. The molecular formula is C32H38N2O3S. The molecule has 0 N–H and O–H groups in total. The Morgan fingerprint density at radius 2 is 1.74 bits per heavy atom. The molecule has 2 heterocycles. The molecule has 0 fully saturated rings. The molecule has 1 atom stereocenters. The second-order valence-corrected chi connectivity index (χ2v) is 12.1. The summed E-state index contributed by atoms with van der Waals surface area (Å²) in [5.41, 5.74) is 5.35. The van der Waals surface area contributed by atoms with Crippen molar-refractivity contribution in [1.82, 2.24) is 4.57 Å². The number of carbonyl (C=O) groups excluding carboxylic acids is 1. The molecule has 1 aliphatic rings. The molecule has 0 aliphatic carbocycles. The zero-order chi connectivity index (χ0) is 27.6. The second kappa shape index (κ2) is 11.2. The number of allylic oxidation sites excluding steroid dienone is 1. The van der Waals surface area contributed by atoms with Gasteiger partial charge < -0.3 is 4.74 Å². The molecule has 0 spiro atoms. The minimum absolute atomic E-state index is 0.0577. The van der Waals surface area contributed by atoms with Crippen LogP contribution in [-0.4, -0.2) is 17.1 Å². The molecule has 0 bridgehead atoms. The summed E-state index contributed by atoms with van der Waals surface area (Å²) in [4.78, 5) is 32.7. The van der Waals surface area contributed by atoms with E-state index in [2.05, 4.69) is 65.8 Å². The molecule has 2 aromatic carbocycles. The Balaban J connectivity index is 1.92. The number of carbonyl (C=O) groups is 1. The maximum absolute atomic E-state index is 13.9. The quantitative estimate of drug-likeness (QED) is 0.352. The van der Waals surface area contributed by atoms with Crippen LogP contribution in [0.2, 0.25) is 0 Å². The summed E-state index contributed by atoms with van der Waals surface area (Å²) < 4.78 is 7.76. The van der Waals surface area contributed by atoms with Crippen LogP contribution in [-0.2, 0) is 14.9 Å². The first-order valence-electron chi connectivity index (χ1n) is 13.5. The third kappa shape index (κ3) is 5.60. The van der Waals surface area contributed by atoms with Gasteiger partial charge in [-0.3, -0.25) is 9.36 Å². The van der Waals surface area contributed by atoms with Crippen molar-refractivity contribution in [2.75, 3.05) is 6.61 Å². The minimum atomic E-state index is -0.585. The Kier molecular flexibility index (Phi) is 8.22. The first-order valence-corrected chi connectivity index (χ1v) is 14.3. The van der Waals surface area contributed by atoms with Gasteiger partial charge >= 0.3 is 5.97 Å². The predicted molar refractivity (Wildman–Crippen MR) is 155 cm³/mol. The SMILES string of the molecule is CCCC1=C(C(=O)OCC)[C@@H](c2ccc(C(C)C)cc2)n2c(s/c(=C\c3ccc(C(C)(C)C)cc3)c2=O)=N1. The van der Waals surface area contributed by atoms with Crippen LogP contribution < -0.4 is 14.9 Å². The van der Waals surface area contributed by atoms with Crippen molar-refractivity contribution >= 4 is 23.4 Å². The van der Waals surface area contributed by atoms with Crippen LogP contribution >= 0.6 is 11.3 Å². The highest BCUT2D eigenvalue weighted by Gasteiger charge is 2.34. The first kappa shape index (κ1) is 27.8. The Hall–Kier alpha value is -3.25. The lowest BCUT2D eigenvalue weighted by atomic mass is 9.87. The molecule has 0 saturated heterocycles. The van der Waals surface area contributed by atoms with Gasteiger partial charge in [0, 0.05) is 0 Å². The van der Waals surface area contributed by atoms with Crippen LogP contribution in [0.1, 0.15) is 95.5 Å². The van der Waals surface area contributed by atoms with E-state index in [9.17, 15) is 9.59 Å². The fourth-order valence-electron chi connectivity index (χ4n) is 4.73. The van der Waals surface area contributed by atoms with Gasteiger partial charge in [-0.25, -0.2) is 9.79 Å². The lowest BCUT2D eigenvalue weighted by Gasteiger charge is -2.26. The Bertz CT molecular complexity index is 1520. The highest BCUT2D eigenvalue weighted by atomic mass is 32.1. The molecule has 5 nitrogen and oxygen atoms in total. The van der Waals surface area contributed by atoms with Crippen molar-refractivity contribution < 1.29 is 9.53 Å². The van der Waals surface area contributed by atoms with Gasteiger partial charge in [0.1, 0.15) is 0 Å². The van der Waals surface area contributed by atoms with E-state index < -0.39 is 12.0 Å². The van der Waals surface area contributed by atoms with Gasteiger partial charge in [0.2, 0.25) is 0 Å². The average Bonchev–Trinajstić information content (AvgIpc) is 3.17. The molecule has 0 radical (unpaired) electrons. The summed E-state index contributed by atoms with van der Waals surface area (Å²) >= 11 is 1.37. The van der Waals surface area contributed by atoms with Crippen molar-refractivity contribution in [2.24, 2.45) is 4.99 Å². The molecule has 4 rings (SSSR count). The summed E-state index contributed by atoms with van der Waals surface area (Å²) in [7, 11) is 0. The number of aromatic nitrogens is 1. The minimum Gasteiger partial charge on any atom is -0.463 e. The van der Waals surface area contributed by atoms with Crippen LogP contribution in [0.25, 0.3) is 6.08 Å². The van der Waals surface area contributed by atoms with Crippen LogP contribution in [0.5, 0.6) is 0 Å². The highest BCUT2D eigenvalue weighted by molar-refractivity contribution is 7.07. The average molecular weight is 531 g/mol. The number of rotatable bonds is 7. The fourth-order valence-corrected chi connectivity index (χ4v) is 5.75. The van der Waals surface area contributed by atoms with Gasteiger partial charge in [-0.05, 0) is 53.0 Å². The van der Waals surface area contributed by atoms with E-state index in [4.69, 9.17) is 9.73 Å². The summed E-state index contributed by atoms with van der Waals surface area (Å²) in [5.74, 6) is -0.0314. The molecule has 1 aliphatic heterocycles. The molecular weight excluding hydrogens is 492 g/mol. The Morgan fingerprint density at radius 1 is 1.08 bits per heavy atom. The molecule has 3 aromatic rings. The monoisotopic (exact) mass is 530 g/mol. The number of fused-ring (bicyclic) bond motifs is 1. The number of esters is 1. The van der Waals surface area contributed by atoms with E-state index in [0.717, 1.165) is 17.5 Å². The van der Waals surface area contributed by atoms with Gasteiger partial charge in [0.05, 0.1) is 28.5 Å². The maximum Gasteiger partial charge on any atom is 0.338 e. The molecule has 1 aromatic heterocycles. The van der Waals surface area contributed by atoms with E-state index in [1.165, 1.54) is 22.5 Å². The maximum atomic E-state index is 13.9. The number of hydrogen-bond donors (Lipinski definition) is 0. The molecule has 6 heteroatoms. The summed E-state index contributed by atoms with van der Waals surface area (Å²) in [6, 6.07) is 15.9. The van der Waals surface area contributed by atoms with Gasteiger partial charge in [0.25, 0.3) is 5.56 Å². The van der Waals surface area contributed by atoms with Gasteiger partial charge in [-0.15, -0.1) is 0 Å². The van der Waals surface area contributed by atoms with Crippen molar-refractivity contribution in [3.63, 3.8) is 0 Å². The fraction of sp³-hybridized carbons (Fsp3) is 0.406. The predicted octanol–water partition coefficient (Wildman–Crippen LogP) is 6.00. The van der Waals surface area contributed by atoms with Crippen LogP contribution in [0.15, 0.2) is 69.6 Å². The van der Waals surface area contributed by atoms with E-state index in [0.29, 0.717) is 32.9 Å². The van der Waals surface area contributed by atoms with Crippen molar-refractivity contribution in [2.45, 2.75) is 78.7 Å². The lowest BCUT2D eigenvalue weighted by Crippen LogP contribution is -2.40. The van der Waals surface area contributed by atoms with Crippen LogP contribution in [0.3, 0.4) is 0 Å². The highest BCUT2D eigenvalue weighted by Crippen LogP contribution is 2.33. The normalized spacial score (nSPS) is 16.0. The first-order chi connectivity index (χ1) is 18.0.